The average molecular weight is 395 g/mol. The molecule has 8 heteroatoms. The fraction of sp³-hybridized carbons (Fsp3) is 0.381. The Bertz CT molecular complexity index is 1040. The maximum absolute atomic E-state index is 13.0. The lowest BCUT2D eigenvalue weighted by Crippen LogP contribution is -2.41. The zero-order chi connectivity index (χ0) is 20.8. The molecule has 1 aliphatic heterocycles. The molecule has 2 aromatic heterocycles. The zero-order valence-electron chi connectivity index (χ0n) is 16.8. The maximum Gasteiger partial charge on any atom is 0.274 e. The number of likely N-dealkylation sites (N-methyl/N-ethyl adjacent to an activating group) is 1. The predicted octanol–water partition coefficient (Wildman–Crippen LogP) is 1.93. The van der Waals surface area contributed by atoms with Gasteiger partial charge in [-0.3, -0.25) is 14.7 Å². The Kier molecular flexibility index (Phi) is 4.66. The Morgan fingerprint density at radius 2 is 2.07 bits per heavy atom. The van der Waals surface area contributed by atoms with Crippen molar-refractivity contribution >= 4 is 22.7 Å². The fourth-order valence-corrected chi connectivity index (χ4v) is 3.84. The third kappa shape index (κ3) is 3.75. The number of amides is 2. The minimum absolute atomic E-state index is 0.101. The van der Waals surface area contributed by atoms with Gasteiger partial charge in [-0.05, 0) is 26.0 Å². The van der Waals surface area contributed by atoms with Gasteiger partial charge in [0.2, 0.25) is 0 Å². The number of aliphatic hydroxyl groups is 1. The second kappa shape index (κ2) is 7.04. The van der Waals surface area contributed by atoms with Gasteiger partial charge in [-0.2, -0.15) is 5.10 Å². The molecule has 3 aromatic rings. The highest BCUT2D eigenvalue weighted by molar-refractivity contribution is 5.98. The van der Waals surface area contributed by atoms with Gasteiger partial charge < -0.3 is 19.9 Å². The zero-order valence-corrected chi connectivity index (χ0v) is 16.8. The SMILES string of the molecule is CN(CC(C)(C)O)C(=O)c1n[nH]c2c1CN(C(=O)c1cc3ccccc3[nH]1)CC2. The van der Waals surface area contributed by atoms with Crippen LogP contribution in [0.1, 0.15) is 46.1 Å². The van der Waals surface area contributed by atoms with E-state index in [1.807, 2.05) is 30.3 Å². The van der Waals surface area contributed by atoms with Gasteiger partial charge in [0, 0.05) is 48.7 Å². The highest BCUT2D eigenvalue weighted by Gasteiger charge is 2.31. The molecule has 0 aliphatic carbocycles. The molecule has 2 amide bonds. The summed E-state index contributed by atoms with van der Waals surface area (Å²) in [6.45, 7) is 4.36. The van der Waals surface area contributed by atoms with E-state index in [9.17, 15) is 14.7 Å². The van der Waals surface area contributed by atoms with E-state index in [2.05, 4.69) is 15.2 Å². The van der Waals surface area contributed by atoms with Crippen LogP contribution >= 0.6 is 0 Å². The number of fused-ring (bicyclic) bond motifs is 2. The van der Waals surface area contributed by atoms with Crippen LogP contribution in [0.3, 0.4) is 0 Å². The first-order valence-electron chi connectivity index (χ1n) is 9.64. The van der Waals surface area contributed by atoms with Crippen molar-refractivity contribution in [1.29, 1.82) is 0 Å². The molecule has 0 saturated heterocycles. The van der Waals surface area contributed by atoms with Crippen molar-refractivity contribution in [2.45, 2.75) is 32.4 Å². The van der Waals surface area contributed by atoms with Gasteiger partial charge >= 0.3 is 0 Å². The summed E-state index contributed by atoms with van der Waals surface area (Å²) < 4.78 is 0. The summed E-state index contributed by atoms with van der Waals surface area (Å²) in [5.74, 6) is -0.374. The number of nitrogens with one attached hydrogen (secondary N) is 2. The first kappa shape index (κ1) is 19.2. The van der Waals surface area contributed by atoms with Crippen molar-refractivity contribution < 1.29 is 14.7 Å². The van der Waals surface area contributed by atoms with Gasteiger partial charge in [0.1, 0.15) is 5.69 Å². The number of benzene rings is 1. The molecule has 4 rings (SSSR count). The molecule has 0 spiro atoms. The highest BCUT2D eigenvalue weighted by Crippen LogP contribution is 2.24. The quantitative estimate of drug-likeness (QED) is 0.628. The predicted molar refractivity (Wildman–Crippen MR) is 109 cm³/mol. The third-order valence-electron chi connectivity index (χ3n) is 5.15. The Balaban J connectivity index is 1.56. The van der Waals surface area contributed by atoms with Crippen LogP contribution in [0.15, 0.2) is 30.3 Å². The summed E-state index contributed by atoms with van der Waals surface area (Å²) >= 11 is 0. The Hall–Kier alpha value is -3.13. The molecular formula is C21H25N5O3. The Morgan fingerprint density at radius 1 is 1.31 bits per heavy atom. The van der Waals surface area contributed by atoms with Crippen LogP contribution in [0.2, 0.25) is 0 Å². The van der Waals surface area contributed by atoms with Gasteiger partial charge in [-0.1, -0.05) is 18.2 Å². The number of nitrogens with zero attached hydrogens (tertiary/aromatic N) is 3. The largest absolute Gasteiger partial charge is 0.389 e. The molecule has 0 bridgehead atoms. The second-order valence-electron chi connectivity index (χ2n) is 8.25. The first-order chi connectivity index (χ1) is 13.7. The van der Waals surface area contributed by atoms with E-state index < -0.39 is 5.60 Å². The fourth-order valence-electron chi connectivity index (χ4n) is 3.84. The highest BCUT2D eigenvalue weighted by atomic mass is 16.3. The number of rotatable bonds is 4. The molecule has 0 atom stereocenters. The summed E-state index contributed by atoms with van der Waals surface area (Å²) in [6, 6.07) is 9.61. The Labute approximate surface area is 168 Å². The number of hydrogen-bond donors (Lipinski definition) is 3. The van der Waals surface area contributed by atoms with Crippen molar-refractivity contribution in [2.75, 3.05) is 20.1 Å². The van der Waals surface area contributed by atoms with Crippen molar-refractivity contribution in [2.24, 2.45) is 0 Å². The number of aromatic amines is 2. The van der Waals surface area contributed by atoms with Crippen molar-refractivity contribution in [1.82, 2.24) is 25.0 Å². The monoisotopic (exact) mass is 395 g/mol. The van der Waals surface area contributed by atoms with E-state index >= 15 is 0 Å². The topological polar surface area (TPSA) is 105 Å². The van der Waals surface area contributed by atoms with Crippen LogP contribution in [-0.2, 0) is 13.0 Å². The maximum atomic E-state index is 13.0. The number of carbonyl (C=O) groups excluding carboxylic acids is 2. The van der Waals surface area contributed by atoms with Gasteiger partial charge in [0.05, 0.1) is 12.1 Å². The molecule has 1 aliphatic rings. The van der Waals surface area contributed by atoms with Crippen LogP contribution in [0.5, 0.6) is 0 Å². The summed E-state index contributed by atoms with van der Waals surface area (Å²) in [7, 11) is 1.64. The molecule has 8 nitrogen and oxygen atoms in total. The summed E-state index contributed by atoms with van der Waals surface area (Å²) in [5, 5.41) is 18.1. The van der Waals surface area contributed by atoms with Crippen LogP contribution < -0.4 is 0 Å². The van der Waals surface area contributed by atoms with Gasteiger partial charge in [-0.15, -0.1) is 0 Å². The summed E-state index contributed by atoms with van der Waals surface area (Å²) in [4.78, 5) is 32.2. The van der Waals surface area contributed by atoms with E-state index in [0.29, 0.717) is 30.9 Å². The van der Waals surface area contributed by atoms with Crippen molar-refractivity contribution in [3.05, 3.63) is 53.0 Å². The molecular weight excluding hydrogens is 370 g/mol. The van der Waals surface area contributed by atoms with E-state index in [1.54, 1.807) is 25.8 Å². The van der Waals surface area contributed by atoms with Crippen LogP contribution in [0, 0.1) is 0 Å². The van der Waals surface area contributed by atoms with E-state index in [-0.39, 0.29) is 18.4 Å². The normalized spacial score (nSPS) is 14.1. The number of H-pyrrole nitrogens is 2. The molecule has 0 radical (unpaired) electrons. The van der Waals surface area contributed by atoms with Gasteiger partial charge in [-0.25, -0.2) is 0 Å². The van der Waals surface area contributed by atoms with Gasteiger partial charge in [0.15, 0.2) is 5.69 Å². The van der Waals surface area contributed by atoms with E-state index in [1.165, 1.54) is 4.90 Å². The molecule has 1 aromatic carbocycles. The minimum atomic E-state index is -1.00. The smallest absolute Gasteiger partial charge is 0.274 e. The lowest BCUT2D eigenvalue weighted by atomic mass is 10.0. The summed E-state index contributed by atoms with van der Waals surface area (Å²) in [5.41, 5.74) is 2.38. The molecule has 152 valence electrons. The molecule has 0 saturated carbocycles. The first-order valence-corrected chi connectivity index (χ1v) is 9.64. The molecule has 0 fully saturated rings. The average Bonchev–Trinajstić information content (AvgIpc) is 3.29. The van der Waals surface area contributed by atoms with Gasteiger partial charge in [0.25, 0.3) is 11.8 Å². The number of hydrogen-bond acceptors (Lipinski definition) is 4. The minimum Gasteiger partial charge on any atom is -0.389 e. The van der Waals surface area contributed by atoms with E-state index in [4.69, 9.17) is 0 Å². The lowest BCUT2D eigenvalue weighted by Gasteiger charge is -2.28. The molecule has 3 heterocycles. The van der Waals surface area contributed by atoms with E-state index in [0.717, 1.165) is 22.2 Å². The van der Waals surface area contributed by atoms with Crippen molar-refractivity contribution in [3.63, 3.8) is 0 Å². The second-order valence-corrected chi connectivity index (χ2v) is 8.25. The molecule has 29 heavy (non-hydrogen) atoms. The summed E-state index contributed by atoms with van der Waals surface area (Å²) in [6.07, 6.45) is 0.608. The number of carbonyl (C=O) groups is 2. The van der Waals surface area contributed by atoms with Crippen LogP contribution in [0.25, 0.3) is 10.9 Å². The lowest BCUT2D eigenvalue weighted by molar-refractivity contribution is 0.0363. The molecule has 3 N–H and O–H groups in total. The standard InChI is InChI=1S/C21H25N5O3/c1-21(2,29)12-25(3)20(28)18-14-11-26(9-8-16(14)23-24-18)19(27)17-10-13-6-4-5-7-15(13)22-17/h4-7,10,22,29H,8-9,11-12H2,1-3H3,(H,23,24). The van der Waals surface area contributed by atoms with Crippen LogP contribution in [0.4, 0.5) is 0 Å². The molecule has 0 unspecified atom stereocenters. The van der Waals surface area contributed by atoms with Crippen molar-refractivity contribution in [3.8, 4) is 0 Å². The Morgan fingerprint density at radius 3 is 2.79 bits per heavy atom. The number of aromatic nitrogens is 3. The third-order valence-corrected chi connectivity index (χ3v) is 5.15. The van der Waals surface area contributed by atoms with Crippen LogP contribution in [-0.4, -0.2) is 67.6 Å². The number of para-hydroxylation sites is 1.